The van der Waals surface area contributed by atoms with E-state index in [4.69, 9.17) is 22.1 Å². The zero-order valence-electron chi connectivity index (χ0n) is 25.4. The smallest absolute Gasteiger partial charge is 0.327 e. The number of aromatic nitrogens is 4. The molecule has 3 atom stereocenters. The van der Waals surface area contributed by atoms with Crippen LogP contribution in [0.2, 0.25) is 5.02 Å². The van der Waals surface area contributed by atoms with Crippen LogP contribution >= 0.6 is 11.6 Å². The number of carbonyl (C=O) groups is 2. The van der Waals surface area contributed by atoms with E-state index in [9.17, 15) is 19.8 Å². The number of halogens is 1. The van der Waals surface area contributed by atoms with Gasteiger partial charge in [0.15, 0.2) is 11.5 Å². The number of ether oxygens (including phenoxy) is 1. The van der Waals surface area contributed by atoms with Crippen molar-refractivity contribution in [3.63, 3.8) is 0 Å². The maximum absolute atomic E-state index is 13.9. The number of aliphatic hydroxyl groups is 2. The number of nitrogens with two attached hydrogens (primary N) is 1. The maximum Gasteiger partial charge on any atom is 0.327 e. The lowest BCUT2D eigenvalue weighted by Gasteiger charge is -2.24. The molecule has 12 nitrogen and oxygen atoms in total. The Labute approximate surface area is 276 Å². The van der Waals surface area contributed by atoms with Crippen LogP contribution in [0.5, 0.6) is 0 Å². The van der Waals surface area contributed by atoms with Gasteiger partial charge in [-0.15, -0.1) is 0 Å². The molecule has 242 valence electrons. The van der Waals surface area contributed by atoms with Gasteiger partial charge in [0, 0.05) is 24.5 Å². The lowest BCUT2D eigenvalue weighted by molar-refractivity contribution is -0.129. The summed E-state index contributed by atoms with van der Waals surface area (Å²) < 4.78 is 7.54. The summed E-state index contributed by atoms with van der Waals surface area (Å²) in [6, 6.07) is 23.9. The van der Waals surface area contributed by atoms with Gasteiger partial charge in [0.05, 0.1) is 19.0 Å². The fraction of sp³-hybridized carbons (Fsp3) is 0.265. The maximum atomic E-state index is 13.9. The van der Waals surface area contributed by atoms with Crippen LogP contribution in [0.25, 0.3) is 22.3 Å². The molecule has 0 saturated carbocycles. The zero-order valence-corrected chi connectivity index (χ0v) is 26.1. The highest BCUT2D eigenvalue weighted by Crippen LogP contribution is 2.27. The summed E-state index contributed by atoms with van der Waals surface area (Å²) in [5.41, 5.74) is 10.6. The fourth-order valence-electron chi connectivity index (χ4n) is 5.68. The summed E-state index contributed by atoms with van der Waals surface area (Å²) in [5.74, 6) is -0.127. The van der Waals surface area contributed by atoms with Crippen LogP contribution in [0.15, 0.2) is 91.5 Å². The van der Waals surface area contributed by atoms with E-state index >= 15 is 0 Å². The number of hydrogen-bond acceptors (Lipinski definition) is 9. The first kappa shape index (κ1) is 32.1. The normalized spacial score (nSPS) is 16.3. The van der Waals surface area contributed by atoms with Gasteiger partial charge < -0.3 is 25.6 Å². The third-order valence-corrected chi connectivity index (χ3v) is 8.52. The molecule has 6 rings (SSSR count). The lowest BCUT2D eigenvalue weighted by atomic mass is 10.00. The highest BCUT2D eigenvalue weighted by molar-refractivity contribution is 6.30. The third-order valence-electron chi connectivity index (χ3n) is 8.27. The quantitative estimate of drug-likeness (QED) is 0.160. The molecule has 0 radical (unpaired) electrons. The summed E-state index contributed by atoms with van der Waals surface area (Å²) in [6.45, 7) is -0.458. The van der Waals surface area contributed by atoms with Crippen molar-refractivity contribution in [1.29, 1.82) is 0 Å². The van der Waals surface area contributed by atoms with Crippen molar-refractivity contribution in [2.24, 2.45) is 0 Å². The predicted molar refractivity (Wildman–Crippen MR) is 176 cm³/mol. The van der Waals surface area contributed by atoms with Crippen LogP contribution in [0.1, 0.15) is 17.5 Å². The molecule has 1 unspecified atom stereocenters. The van der Waals surface area contributed by atoms with Gasteiger partial charge in [0.2, 0.25) is 0 Å². The lowest BCUT2D eigenvalue weighted by Crippen LogP contribution is -2.39. The largest absolute Gasteiger partial charge is 0.394 e. The number of imidazole rings is 1. The average Bonchev–Trinajstić information content (AvgIpc) is 3.61. The van der Waals surface area contributed by atoms with E-state index in [-0.39, 0.29) is 38.0 Å². The Balaban J connectivity index is 1.18. The van der Waals surface area contributed by atoms with Crippen molar-refractivity contribution < 1.29 is 24.5 Å². The molecule has 1 aliphatic heterocycles. The Morgan fingerprint density at radius 1 is 0.915 bits per heavy atom. The summed E-state index contributed by atoms with van der Waals surface area (Å²) in [6.07, 6.45) is 1.02. The second-order valence-electron chi connectivity index (χ2n) is 11.3. The molecule has 1 saturated heterocycles. The van der Waals surface area contributed by atoms with E-state index in [0.29, 0.717) is 22.6 Å². The number of anilines is 1. The van der Waals surface area contributed by atoms with E-state index < -0.39 is 30.9 Å². The SMILES string of the molecule is Nc1ncnc2c1ncn2CO[C@H](CCN1C(=O)C(Cc2ccc(-c3ccccc3)cc2)N(Cc2ccc(Cl)cc2)C1=O)[C@@H](O)CO. The van der Waals surface area contributed by atoms with E-state index in [0.717, 1.165) is 22.3 Å². The molecular weight excluding hydrogens is 622 g/mol. The topological polar surface area (TPSA) is 160 Å². The molecule has 4 N–H and O–H groups in total. The Morgan fingerprint density at radius 2 is 1.62 bits per heavy atom. The summed E-state index contributed by atoms with van der Waals surface area (Å²) >= 11 is 6.09. The van der Waals surface area contributed by atoms with Gasteiger partial charge in [-0.1, -0.05) is 78.3 Å². The van der Waals surface area contributed by atoms with Crippen LogP contribution in [-0.2, 0) is 29.2 Å². The Morgan fingerprint density at radius 3 is 2.34 bits per heavy atom. The summed E-state index contributed by atoms with van der Waals surface area (Å²) in [7, 11) is 0. The first-order chi connectivity index (χ1) is 22.8. The first-order valence-corrected chi connectivity index (χ1v) is 15.5. The van der Waals surface area contributed by atoms with Crippen molar-refractivity contribution >= 4 is 40.5 Å². The van der Waals surface area contributed by atoms with Crippen LogP contribution in [0, 0.1) is 0 Å². The highest BCUT2D eigenvalue weighted by Gasteiger charge is 2.45. The molecule has 0 spiro atoms. The van der Waals surface area contributed by atoms with Crippen molar-refractivity contribution in [2.75, 3.05) is 18.9 Å². The minimum atomic E-state index is -1.26. The molecule has 1 aliphatic rings. The fourth-order valence-corrected chi connectivity index (χ4v) is 5.81. The number of urea groups is 1. The molecule has 3 aromatic carbocycles. The van der Waals surface area contributed by atoms with Gasteiger partial charge in [-0.3, -0.25) is 14.3 Å². The minimum absolute atomic E-state index is 0.0280. The van der Waals surface area contributed by atoms with Crippen molar-refractivity contribution in [3.05, 3.63) is 108 Å². The first-order valence-electron chi connectivity index (χ1n) is 15.1. The minimum Gasteiger partial charge on any atom is -0.394 e. The number of nitrogen functional groups attached to an aromatic ring is 1. The number of aliphatic hydroxyl groups excluding tert-OH is 2. The van der Waals surface area contributed by atoms with Crippen molar-refractivity contribution in [2.45, 2.75) is 44.4 Å². The van der Waals surface area contributed by atoms with Crippen LogP contribution in [-0.4, -0.2) is 82.9 Å². The molecule has 13 heteroatoms. The Bertz CT molecular complexity index is 1840. The van der Waals surface area contributed by atoms with E-state index in [1.165, 1.54) is 17.6 Å². The van der Waals surface area contributed by atoms with Gasteiger partial charge >= 0.3 is 6.03 Å². The van der Waals surface area contributed by atoms with E-state index in [2.05, 4.69) is 15.0 Å². The van der Waals surface area contributed by atoms with Gasteiger partial charge in [0.25, 0.3) is 5.91 Å². The molecular formula is C34H34ClN7O5. The molecule has 0 aliphatic carbocycles. The number of hydrogen-bond donors (Lipinski definition) is 3. The van der Waals surface area contributed by atoms with Crippen LogP contribution < -0.4 is 5.73 Å². The van der Waals surface area contributed by atoms with Gasteiger partial charge in [-0.25, -0.2) is 19.7 Å². The molecule has 47 heavy (non-hydrogen) atoms. The number of rotatable bonds is 13. The number of imide groups is 1. The Kier molecular flexibility index (Phi) is 9.73. The summed E-state index contributed by atoms with van der Waals surface area (Å²) in [4.78, 5) is 42.8. The Hall–Kier alpha value is -4.88. The molecule has 3 heterocycles. The standard InChI is InChI=1S/C34H34ClN7O5/c35-26-12-8-23(9-13-26)17-42-27(16-22-6-10-25(11-7-22)24-4-2-1-3-5-24)33(45)41(34(42)46)15-14-29(28(44)18-43)47-21-40-20-39-30-31(36)37-19-38-32(30)40/h1-13,19-20,27-29,43-44H,14-18,21H2,(H2,36,37,38)/t27?,28-,29+/m0/s1. The molecule has 1 fully saturated rings. The zero-order chi connectivity index (χ0) is 32.9. The number of benzene rings is 3. The molecule has 2 aromatic heterocycles. The van der Waals surface area contributed by atoms with E-state index in [1.807, 2.05) is 66.7 Å². The monoisotopic (exact) mass is 655 g/mol. The second kappa shape index (κ2) is 14.3. The van der Waals surface area contributed by atoms with Crippen LogP contribution in [0.4, 0.5) is 10.6 Å². The number of amides is 3. The van der Waals surface area contributed by atoms with Crippen molar-refractivity contribution in [1.82, 2.24) is 29.3 Å². The van der Waals surface area contributed by atoms with E-state index in [1.54, 1.807) is 21.6 Å². The van der Waals surface area contributed by atoms with Gasteiger partial charge in [0.1, 0.15) is 30.7 Å². The van der Waals surface area contributed by atoms with Crippen molar-refractivity contribution in [3.8, 4) is 11.1 Å². The van der Waals surface area contributed by atoms with Gasteiger partial charge in [-0.05, 0) is 40.8 Å². The number of nitrogens with zero attached hydrogens (tertiary/aromatic N) is 6. The third kappa shape index (κ3) is 7.10. The number of carbonyl (C=O) groups excluding carboxylic acids is 2. The molecule has 5 aromatic rings. The van der Waals surface area contributed by atoms with Gasteiger partial charge in [-0.2, -0.15) is 0 Å². The van der Waals surface area contributed by atoms with Crippen LogP contribution in [0.3, 0.4) is 0 Å². The highest BCUT2D eigenvalue weighted by atomic mass is 35.5. The molecule has 0 bridgehead atoms. The predicted octanol–water partition coefficient (Wildman–Crippen LogP) is 3.89. The molecule has 3 amide bonds. The summed E-state index contributed by atoms with van der Waals surface area (Å²) in [5, 5.41) is 20.9. The average molecular weight is 656 g/mol. The second-order valence-corrected chi connectivity index (χ2v) is 11.8. The number of fused-ring (bicyclic) bond motifs is 1.